The van der Waals surface area contributed by atoms with Crippen LogP contribution in [0.2, 0.25) is 0 Å². The number of thioether (sulfide) groups is 1. The number of benzene rings is 2. The van der Waals surface area contributed by atoms with Gasteiger partial charge in [-0.3, -0.25) is 14.7 Å². The van der Waals surface area contributed by atoms with Crippen molar-refractivity contribution in [1.82, 2.24) is 25.5 Å². The molecule has 2 aromatic heterocycles. The molecule has 0 fully saturated rings. The molecular weight excluding hydrogens is 362 g/mol. The van der Waals surface area contributed by atoms with E-state index >= 15 is 0 Å². The van der Waals surface area contributed by atoms with E-state index in [4.69, 9.17) is 0 Å². The van der Waals surface area contributed by atoms with E-state index < -0.39 is 0 Å². The predicted octanol–water partition coefficient (Wildman–Crippen LogP) is 2.77. The number of carbonyl (C=O) groups is 1. The molecule has 0 unspecified atom stereocenters. The number of aromatic amines is 2. The SMILES string of the molecule is C[C@H](NC(=O)CSc1nc2[nH]ncc2c(=O)[nH]1)c1ccc2ccccc2c1. The van der Waals surface area contributed by atoms with E-state index in [1.165, 1.54) is 23.3 Å². The average molecular weight is 379 g/mol. The number of hydrogen-bond donors (Lipinski definition) is 3. The third-order valence-electron chi connectivity index (χ3n) is 4.29. The van der Waals surface area contributed by atoms with E-state index in [0.29, 0.717) is 16.2 Å². The molecule has 0 spiro atoms. The van der Waals surface area contributed by atoms with Gasteiger partial charge in [-0.2, -0.15) is 5.10 Å². The Morgan fingerprint density at radius 3 is 2.89 bits per heavy atom. The second-order valence-corrected chi connectivity index (χ2v) is 7.15. The Morgan fingerprint density at radius 2 is 2.04 bits per heavy atom. The summed E-state index contributed by atoms with van der Waals surface area (Å²) in [6, 6.07) is 14.1. The van der Waals surface area contributed by atoms with Gasteiger partial charge in [-0.15, -0.1) is 0 Å². The van der Waals surface area contributed by atoms with Crippen LogP contribution in [0.1, 0.15) is 18.5 Å². The molecule has 3 N–H and O–H groups in total. The molecule has 4 aromatic rings. The number of H-pyrrole nitrogens is 2. The zero-order valence-electron chi connectivity index (χ0n) is 14.5. The van der Waals surface area contributed by atoms with Crippen LogP contribution < -0.4 is 10.9 Å². The van der Waals surface area contributed by atoms with Crippen LogP contribution in [0.4, 0.5) is 0 Å². The molecule has 7 nitrogen and oxygen atoms in total. The molecule has 2 aromatic carbocycles. The fourth-order valence-corrected chi connectivity index (χ4v) is 3.54. The van der Waals surface area contributed by atoms with Gasteiger partial charge in [0.2, 0.25) is 5.91 Å². The van der Waals surface area contributed by atoms with Gasteiger partial charge in [0.1, 0.15) is 5.39 Å². The Balaban J connectivity index is 1.41. The third kappa shape index (κ3) is 3.70. The molecule has 1 atom stereocenters. The Hall–Kier alpha value is -3.13. The fraction of sp³-hybridized carbons (Fsp3) is 0.158. The maximum absolute atomic E-state index is 12.3. The van der Waals surface area contributed by atoms with Gasteiger partial charge in [-0.1, -0.05) is 48.2 Å². The Morgan fingerprint density at radius 1 is 1.22 bits per heavy atom. The Kier molecular flexibility index (Phi) is 4.64. The lowest BCUT2D eigenvalue weighted by molar-refractivity contribution is -0.119. The first-order chi connectivity index (χ1) is 13.1. The van der Waals surface area contributed by atoms with Crippen LogP contribution in [0, 0.1) is 0 Å². The van der Waals surface area contributed by atoms with Gasteiger partial charge in [0.15, 0.2) is 10.8 Å². The van der Waals surface area contributed by atoms with Gasteiger partial charge >= 0.3 is 0 Å². The van der Waals surface area contributed by atoms with E-state index in [0.717, 1.165) is 10.9 Å². The first-order valence-electron chi connectivity index (χ1n) is 8.44. The summed E-state index contributed by atoms with van der Waals surface area (Å²) < 4.78 is 0. The number of amides is 1. The van der Waals surface area contributed by atoms with Gasteiger partial charge < -0.3 is 10.3 Å². The highest BCUT2D eigenvalue weighted by Crippen LogP contribution is 2.20. The summed E-state index contributed by atoms with van der Waals surface area (Å²) in [4.78, 5) is 31.1. The highest BCUT2D eigenvalue weighted by atomic mass is 32.2. The van der Waals surface area contributed by atoms with E-state index in [-0.39, 0.29) is 23.3 Å². The summed E-state index contributed by atoms with van der Waals surface area (Å²) in [5.41, 5.74) is 1.17. The lowest BCUT2D eigenvalue weighted by Gasteiger charge is -2.15. The first kappa shape index (κ1) is 17.3. The van der Waals surface area contributed by atoms with Crippen LogP contribution in [-0.4, -0.2) is 31.8 Å². The molecule has 0 saturated heterocycles. The van der Waals surface area contributed by atoms with Gasteiger partial charge in [0, 0.05) is 0 Å². The smallest absolute Gasteiger partial charge is 0.262 e. The molecule has 27 heavy (non-hydrogen) atoms. The fourth-order valence-electron chi connectivity index (χ4n) is 2.87. The zero-order valence-corrected chi connectivity index (χ0v) is 15.3. The van der Waals surface area contributed by atoms with Gasteiger partial charge in [0.25, 0.3) is 5.56 Å². The number of rotatable bonds is 5. The van der Waals surface area contributed by atoms with Crippen LogP contribution in [0.25, 0.3) is 21.8 Å². The van der Waals surface area contributed by atoms with E-state index in [1.54, 1.807) is 0 Å². The minimum Gasteiger partial charge on any atom is -0.349 e. The van der Waals surface area contributed by atoms with Gasteiger partial charge in [-0.25, -0.2) is 4.98 Å². The van der Waals surface area contributed by atoms with Crippen molar-refractivity contribution in [3.63, 3.8) is 0 Å². The Labute approximate surface area is 158 Å². The lowest BCUT2D eigenvalue weighted by atomic mass is 10.0. The van der Waals surface area contributed by atoms with Crippen molar-refractivity contribution < 1.29 is 4.79 Å². The van der Waals surface area contributed by atoms with Crippen molar-refractivity contribution in [2.24, 2.45) is 0 Å². The Bertz CT molecular complexity index is 1180. The van der Waals surface area contributed by atoms with Crippen LogP contribution in [-0.2, 0) is 4.79 Å². The predicted molar refractivity (Wildman–Crippen MR) is 106 cm³/mol. The largest absolute Gasteiger partial charge is 0.349 e. The van der Waals surface area contributed by atoms with Crippen molar-refractivity contribution in [1.29, 1.82) is 0 Å². The lowest BCUT2D eigenvalue weighted by Crippen LogP contribution is -2.28. The standard InChI is InChI=1S/C19H17N5O2S/c1-11(13-7-6-12-4-2-3-5-14(12)8-13)21-16(25)10-27-19-22-17-15(9-20-24-17)18(26)23-19/h2-9,11H,10H2,1H3,(H,21,25)(H2,20,22,23,24,26)/t11-/m0/s1. The molecule has 2 heterocycles. The highest BCUT2D eigenvalue weighted by molar-refractivity contribution is 7.99. The molecule has 4 rings (SSSR count). The number of aromatic nitrogens is 4. The van der Waals surface area contributed by atoms with E-state index in [1.807, 2.05) is 25.1 Å². The number of nitrogens with zero attached hydrogens (tertiary/aromatic N) is 2. The topological polar surface area (TPSA) is 104 Å². The number of nitrogens with one attached hydrogen (secondary N) is 3. The molecule has 0 aliphatic rings. The van der Waals surface area contributed by atoms with E-state index in [9.17, 15) is 9.59 Å². The second kappa shape index (κ2) is 7.24. The zero-order chi connectivity index (χ0) is 18.8. The first-order valence-corrected chi connectivity index (χ1v) is 9.43. The summed E-state index contributed by atoms with van der Waals surface area (Å²) in [5.74, 6) is 0.0218. The molecule has 0 aliphatic heterocycles. The molecule has 136 valence electrons. The van der Waals surface area contributed by atoms with Crippen molar-refractivity contribution in [2.45, 2.75) is 18.1 Å². The van der Waals surface area contributed by atoms with Gasteiger partial charge in [-0.05, 0) is 29.3 Å². The summed E-state index contributed by atoms with van der Waals surface area (Å²) >= 11 is 1.17. The molecule has 0 aliphatic carbocycles. The molecule has 0 bridgehead atoms. The maximum atomic E-state index is 12.3. The second-order valence-electron chi connectivity index (χ2n) is 6.19. The van der Waals surface area contributed by atoms with E-state index in [2.05, 4.69) is 49.7 Å². The van der Waals surface area contributed by atoms with Crippen LogP contribution >= 0.6 is 11.8 Å². The molecular formula is C19H17N5O2S. The average Bonchev–Trinajstić information content (AvgIpc) is 3.15. The highest BCUT2D eigenvalue weighted by Gasteiger charge is 2.12. The van der Waals surface area contributed by atoms with Crippen LogP contribution in [0.5, 0.6) is 0 Å². The summed E-state index contributed by atoms with van der Waals surface area (Å²) in [7, 11) is 0. The van der Waals surface area contributed by atoms with Crippen LogP contribution in [0.3, 0.4) is 0 Å². The molecule has 1 amide bonds. The molecule has 0 saturated carbocycles. The van der Waals surface area contributed by atoms with Crippen molar-refractivity contribution in [2.75, 3.05) is 5.75 Å². The monoisotopic (exact) mass is 379 g/mol. The minimum atomic E-state index is -0.277. The molecule has 0 radical (unpaired) electrons. The minimum absolute atomic E-state index is 0.121. The normalized spacial score (nSPS) is 12.3. The summed E-state index contributed by atoms with van der Waals surface area (Å²) in [6.07, 6.45) is 1.42. The maximum Gasteiger partial charge on any atom is 0.262 e. The number of carbonyl (C=O) groups excluding carboxylic acids is 1. The van der Waals surface area contributed by atoms with Crippen molar-refractivity contribution >= 4 is 39.5 Å². The number of fused-ring (bicyclic) bond motifs is 2. The van der Waals surface area contributed by atoms with Crippen molar-refractivity contribution in [3.05, 3.63) is 64.6 Å². The number of hydrogen-bond acceptors (Lipinski definition) is 5. The molecule has 8 heteroatoms. The third-order valence-corrected chi connectivity index (χ3v) is 5.16. The summed E-state index contributed by atoms with van der Waals surface area (Å²) in [6.45, 7) is 1.95. The van der Waals surface area contributed by atoms with Crippen LogP contribution in [0.15, 0.2) is 58.6 Å². The van der Waals surface area contributed by atoms with Crippen molar-refractivity contribution in [3.8, 4) is 0 Å². The summed E-state index contributed by atoms with van der Waals surface area (Å²) in [5, 5.41) is 12.5. The quantitative estimate of drug-likeness (QED) is 0.365. The van der Waals surface area contributed by atoms with Gasteiger partial charge in [0.05, 0.1) is 18.0 Å².